The molecule has 100 valence electrons. The highest BCUT2D eigenvalue weighted by atomic mass is 14.1. The molecule has 0 nitrogen and oxygen atoms in total. The van der Waals surface area contributed by atoms with Crippen molar-refractivity contribution in [2.75, 3.05) is 0 Å². The van der Waals surface area contributed by atoms with Gasteiger partial charge in [-0.25, -0.2) is 0 Å². The molecule has 0 atom stereocenters. The number of rotatable bonds is 1. The van der Waals surface area contributed by atoms with Crippen LogP contribution < -0.4 is 0 Å². The number of hydrogen-bond acceptors (Lipinski definition) is 0. The number of fused-ring (bicyclic) bond motifs is 1. The number of aryl methyl sites for hydroxylation is 4. The van der Waals surface area contributed by atoms with Crippen LogP contribution in [0.5, 0.6) is 0 Å². The predicted molar refractivity (Wildman–Crippen MR) is 88.3 cm³/mol. The van der Waals surface area contributed by atoms with Crippen LogP contribution in [-0.4, -0.2) is 0 Å². The molecule has 0 unspecified atom stereocenters. The summed E-state index contributed by atoms with van der Waals surface area (Å²) in [5, 5.41) is 2.73. The summed E-state index contributed by atoms with van der Waals surface area (Å²) >= 11 is 0. The monoisotopic (exact) mass is 260 g/mol. The third-order valence-corrected chi connectivity index (χ3v) is 4.21. The number of hydrogen-bond donors (Lipinski definition) is 0. The standard InChI is InChI=1S/C20H20/c1-13-5-8-17(9-6-13)18-10-7-14(2)19-11-15(3)16(4)12-20(18)19/h5-12H,1-4H3. The van der Waals surface area contributed by atoms with Gasteiger partial charge in [0.15, 0.2) is 0 Å². The first kappa shape index (κ1) is 12.9. The highest BCUT2D eigenvalue weighted by Crippen LogP contribution is 2.32. The first-order valence-corrected chi connectivity index (χ1v) is 7.14. The minimum absolute atomic E-state index is 1.30. The van der Waals surface area contributed by atoms with E-state index in [0.29, 0.717) is 0 Å². The van der Waals surface area contributed by atoms with Crippen LogP contribution in [-0.2, 0) is 0 Å². The summed E-state index contributed by atoms with van der Waals surface area (Å²) in [4.78, 5) is 0. The molecule has 3 aromatic rings. The lowest BCUT2D eigenvalue weighted by molar-refractivity contribution is 1.36. The molecule has 0 N–H and O–H groups in total. The third-order valence-electron chi connectivity index (χ3n) is 4.21. The molecule has 0 bridgehead atoms. The summed E-state index contributed by atoms with van der Waals surface area (Å²) in [7, 11) is 0. The summed E-state index contributed by atoms with van der Waals surface area (Å²) < 4.78 is 0. The van der Waals surface area contributed by atoms with Gasteiger partial charge in [0.25, 0.3) is 0 Å². The highest BCUT2D eigenvalue weighted by molar-refractivity contribution is 5.99. The van der Waals surface area contributed by atoms with Gasteiger partial charge in [-0.05, 0) is 66.3 Å². The summed E-state index contributed by atoms with van der Waals surface area (Å²) in [5.41, 5.74) is 7.99. The second-order valence-corrected chi connectivity index (χ2v) is 5.78. The van der Waals surface area contributed by atoms with Crippen molar-refractivity contribution in [1.82, 2.24) is 0 Å². The zero-order valence-corrected chi connectivity index (χ0v) is 12.6. The summed E-state index contributed by atoms with van der Waals surface area (Å²) in [5.74, 6) is 0. The van der Waals surface area contributed by atoms with Crippen LogP contribution in [0.25, 0.3) is 21.9 Å². The van der Waals surface area contributed by atoms with Gasteiger partial charge < -0.3 is 0 Å². The van der Waals surface area contributed by atoms with Gasteiger partial charge in [0.1, 0.15) is 0 Å². The van der Waals surface area contributed by atoms with Crippen molar-refractivity contribution in [3.8, 4) is 11.1 Å². The minimum atomic E-state index is 1.30. The zero-order valence-electron chi connectivity index (χ0n) is 12.6. The minimum Gasteiger partial charge on any atom is -0.0587 e. The molecule has 0 aliphatic carbocycles. The van der Waals surface area contributed by atoms with Gasteiger partial charge in [-0.2, -0.15) is 0 Å². The van der Waals surface area contributed by atoms with E-state index < -0.39 is 0 Å². The summed E-state index contributed by atoms with van der Waals surface area (Å²) in [6, 6.07) is 17.9. The lowest BCUT2D eigenvalue weighted by Gasteiger charge is -2.12. The Bertz CT molecular complexity index is 777. The van der Waals surface area contributed by atoms with Crippen LogP contribution in [0.3, 0.4) is 0 Å². The molecule has 0 spiro atoms. The zero-order chi connectivity index (χ0) is 14.3. The maximum Gasteiger partial charge on any atom is -0.00999 e. The lowest BCUT2D eigenvalue weighted by Crippen LogP contribution is -1.88. The molecule has 0 saturated carbocycles. The SMILES string of the molecule is Cc1ccc(-c2ccc(C)c3cc(C)c(C)cc23)cc1. The second-order valence-electron chi connectivity index (χ2n) is 5.78. The van der Waals surface area contributed by atoms with E-state index in [1.165, 1.54) is 44.2 Å². The summed E-state index contributed by atoms with van der Waals surface area (Å²) in [6.45, 7) is 8.70. The highest BCUT2D eigenvalue weighted by Gasteiger charge is 2.07. The molecule has 0 aromatic heterocycles. The molecule has 20 heavy (non-hydrogen) atoms. The van der Waals surface area contributed by atoms with Crippen molar-refractivity contribution in [3.63, 3.8) is 0 Å². The molecule has 0 amide bonds. The van der Waals surface area contributed by atoms with E-state index in [1.54, 1.807) is 0 Å². The molecule has 0 radical (unpaired) electrons. The van der Waals surface area contributed by atoms with E-state index >= 15 is 0 Å². The van der Waals surface area contributed by atoms with Crippen LogP contribution in [0.4, 0.5) is 0 Å². The van der Waals surface area contributed by atoms with E-state index in [9.17, 15) is 0 Å². The van der Waals surface area contributed by atoms with E-state index in [0.717, 1.165) is 0 Å². The van der Waals surface area contributed by atoms with Crippen LogP contribution in [0, 0.1) is 27.7 Å². The predicted octanol–water partition coefficient (Wildman–Crippen LogP) is 5.74. The van der Waals surface area contributed by atoms with E-state index in [4.69, 9.17) is 0 Å². The molecular formula is C20H20. The normalized spacial score (nSPS) is 11.0. The van der Waals surface area contributed by atoms with Gasteiger partial charge >= 0.3 is 0 Å². The van der Waals surface area contributed by atoms with Crippen molar-refractivity contribution in [2.24, 2.45) is 0 Å². The van der Waals surface area contributed by atoms with Crippen LogP contribution in [0.2, 0.25) is 0 Å². The van der Waals surface area contributed by atoms with Crippen LogP contribution in [0.15, 0.2) is 48.5 Å². The van der Waals surface area contributed by atoms with Crippen molar-refractivity contribution >= 4 is 10.8 Å². The number of benzene rings is 3. The van der Waals surface area contributed by atoms with Crippen molar-refractivity contribution < 1.29 is 0 Å². The average molecular weight is 260 g/mol. The van der Waals surface area contributed by atoms with Crippen molar-refractivity contribution in [2.45, 2.75) is 27.7 Å². The largest absolute Gasteiger partial charge is 0.0587 e. The Labute approximate surface area is 121 Å². The maximum absolute atomic E-state index is 2.33. The third kappa shape index (κ3) is 2.12. The van der Waals surface area contributed by atoms with Crippen molar-refractivity contribution in [3.05, 3.63) is 70.8 Å². The van der Waals surface area contributed by atoms with Gasteiger partial charge in [0.05, 0.1) is 0 Å². The Balaban J connectivity index is 2.34. The Morgan fingerprint density at radius 1 is 0.550 bits per heavy atom. The molecule has 0 heterocycles. The van der Waals surface area contributed by atoms with Crippen LogP contribution >= 0.6 is 0 Å². The molecule has 0 aliphatic rings. The van der Waals surface area contributed by atoms with E-state index in [1.807, 2.05) is 0 Å². The Morgan fingerprint density at radius 3 is 1.80 bits per heavy atom. The second kappa shape index (κ2) is 4.79. The van der Waals surface area contributed by atoms with E-state index in [2.05, 4.69) is 76.2 Å². The van der Waals surface area contributed by atoms with E-state index in [-0.39, 0.29) is 0 Å². The average Bonchev–Trinajstić information content (AvgIpc) is 2.43. The smallest absolute Gasteiger partial charge is 0.00999 e. The van der Waals surface area contributed by atoms with Gasteiger partial charge in [-0.15, -0.1) is 0 Å². The molecule has 3 rings (SSSR count). The molecule has 0 saturated heterocycles. The molecule has 0 heteroatoms. The maximum atomic E-state index is 2.33. The van der Waals surface area contributed by atoms with Crippen LogP contribution in [0.1, 0.15) is 22.3 Å². The molecular weight excluding hydrogens is 240 g/mol. The Kier molecular flexibility index (Phi) is 3.10. The molecule has 0 fully saturated rings. The topological polar surface area (TPSA) is 0 Å². The fourth-order valence-electron chi connectivity index (χ4n) is 2.74. The Morgan fingerprint density at radius 2 is 1.15 bits per heavy atom. The van der Waals surface area contributed by atoms with Gasteiger partial charge in [-0.1, -0.05) is 54.1 Å². The molecule has 0 aliphatic heterocycles. The quantitative estimate of drug-likeness (QED) is 0.523. The van der Waals surface area contributed by atoms with Crippen molar-refractivity contribution in [1.29, 1.82) is 0 Å². The fourth-order valence-corrected chi connectivity index (χ4v) is 2.74. The van der Waals surface area contributed by atoms with Gasteiger partial charge in [0, 0.05) is 0 Å². The fraction of sp³-hybridized carbons (Fsp3) is 0.200. The molecule has 3 aromatic carbocycles. The van der Waals surface area contributed by atoms with Gasteiger partial charge in [-0.3, -0.25) is 0 Å². The first-order chi connectivity index (χ1) is 9.56. The lowest BCUT2D eigenvalue weighted by atomic mass is 9.92. The Hall–Kier alpha value is -2.08. The first-order valence-electron chi connectivity index (χ1n) is 7.14. The van der Waals surface area contributed by atoms with Gasteiger partial charge in [0.2, 0.25) is 0 Å². The summed E-state index contributed by atoms with van der Waals surface area (Å²) in [6.07, 6.45) is 0.